The minimum absolute atomic E-state index is 0.0113. The van der Waals surface area contributed by atoms with E-state index in [9.17, 15) is 13.6 Å². The largest absolute Gasteiger partial charge is 0.340 e. The van der Waals surface area contributed by atoms with Crippen molar-refractivity contribution in [2.45, 2.75) is 6.43 Å². The van der Waals surface area contributed by atoms with E-state index in [0.29, 0.717) is 11.2 Å². The predicted octanol–water partition coefficient (Wildman–Crippen LogP) is 0.557. The first-order valence-corrected chi connectivity index (χ1v) is 3.91. The summed E-state index contributed by atoms with van der Waals surface area (Å²) < 4.78 is 23.9. The van der Waals surface area contributed by atoms with Crippen molar-refractivity contribution in [1.29, 1.82) is 0 Å². The minimum Gasteiger partial charge on any atom is -0.340 e. The number of carbonyl (C=O) groups is 1. The van der Waals surface area contributed by atoms with Crippen LogP contribution in [0.15, 0.2) is 12.7 Å². The fourth-order valence-electron chi connectivity index (χ4n) is 1.03. The summed E-state index contributed by atoms with van der Waals surface area (Å²) in [7, 11) is 0. The lowest BCUT2D eigenvalue weighted by atomic mass is 10.5. The average Bonchev–Trinajstić information content (AvgIpc) is 2.66. The molecule has 0 unspecified atom stereocenters. The van der Waals surface area contributed by atoms with E-state index in [-0.39, 0.29) is 5.82 Å². The van der Waals surface area contributed by atoms with Crippen LogP contribution in [-0.2, 0) is 4.79 Å². The maximum absolute atomic E-state index is 12.0. The molecule has 2 heterocycles. The Bertz CT molecular complexity index is 497. The molecule has 2 aromatic heterocycles. The van der Waals surface area contributed by atoms with Crippen LogP contribution in [0.1, 0.15) is 0 Å². The monoisotopic (exact) mass is 213 g/mol. The molecule has 2 N–H and O–H groups in total. The van der Waals surface area contributed by atoms with E-state index >= 15 is 0 Å². The zero-order chi connectivity index (χ0) is 10.8. The number of amides is 1. The molecule has 0 spiro atoms. The third-order valence-corrected chi connectivity index (χ3v) is 1.66. The zero-order valence-corrected chi connectivity index (χ0v) is 7.24. The molecule has 6 nitrogen and oxygen atoms in total. The SMILES string of the molecule is O=C(Nc1ncnc2nc[nH]c12)C(F)F. The van der Waals surface area contributed by atoms with Crippen molar-refractivity contribution < 1.29 is 13.6 Å². The van der Waals surface area contributed by atoms with E-state index in [0.717, 1.165) is 6.33 Å². The summed E-state index contributed by atoms with van der Waals surface area (Å²) in [6.07, 6.45) is -0.625. The van der Waals surface area contributed by atoms with Crippen molar-refractivity contribution in [1.82, 2.24) is 19.9 Å². The van der Waals surface area contributed by atoms with Gasteiger partial charge >= 0.3 is 6.43 Å². The number of carbonyl (C=O) groups excluding carboxylic acids is 1. The molecule has 0 saturated carbocycles. The van der Waals surface area contributed by atoms with Crippen molar-refractivity contribution in [3.63, 3.8) is 0 Å². The first kappa shape index (κ1) is 9.44. The highest BCUT2D eigenvalue weighted by molar-refractivity contribution is 5.98. The molecule has 0 aliphatic heterocycles. The number of hydrogen-bond donors (Lipinski definition) is 2. The molecule has 2 rings (SSSR count). The molecule has 0 aliphatic rings. The van der Waals surface area contributed by atoms with Crippen LogP contribution in [0.5, 0.6) is 0 Å². The lowest BCUT2D eigenvalue weighted by Crippen LogP contribution is -2.21. The molecule has 0 saturated heterocycles. The second kappa shape index (κ2) is 3.56. The number of aromatic amines is 1. The molecule has 15 heavy (non-hydrogen) atoms. The predicted molar refractivity (Wildman–Crippen MR) is 46.3 cm³/mol. The number of fused-ring (bicyclic) bond motifs is 1. The minimum atomic E-state index is -3.09. The summed E-state index contributed by atoms with van der Waals surface area (Å²) in [4.78, 5) is 24.6. The Hall–Kier alpha value is -2.12. The van der Waals surface area contributed by atoms with Gasteiger partial charge in [0.1, 0.15) is 11.8 Å². The Balaban J connectivity index is 2.35. The third-order valence-electron chi connectivity index (χ3n) is 1.66. The molecule has 1 amide bonds. The van der Waals surface area contributed by atoms with E-state index in [1.165, 1.54) is 6.33 Å². The van der Waals surface area contributed by atoms with Gasteiger partial charge in [0.25, 0.3) is 5.91 Å². The number of imidazole rings is 1. The first-order chi connectivity index (χ1) is 7.18. The number of anilines is 1. The van der Waals surface area contributed by atoms with Crippen molar-refractivity contribution in [2.24, 2.45) is 0 Å². The summed E-state index contributed by atoms with van der Waals surface area (Å²) >= 11 is 0. The molecular formula is C7H5F2N5O. The number of nitrogens with zero attached hydrogens (tertiary/aromatic N) is 3. The Morgan fingerprint density at radius 1 is 1.40 bits per heavy atom. The molecule has 0 aromatic carbocycles. The number of H-pyrrole nitrogens is 1. The zero-order valence-electron chi connectivity index (χ0n) is 7.24. The quantitative estimate of drug-likeness (QED) is 0.763. The van der Waals surface area contributed by atoms with Crippen molar-refractivity contribution in [2.75, 3.05) is 5.32 Å². The number of alkyl halides is 2. The van der Waals surface area contributed by atoms with Crippen molar-refractivity contribution in [3.8, 4) is 0 Å². The van der Waals surface area contributed by atoms with E-state index in [2.05, 4.69) is 19.9 Å². The van der Waals surface area contributed by atoms with Crippen LogP contribution in [0, 0.1) is 0 Å². The molecule has 0 radical (unpaired) electrons. The maximum Gasteiger partial charge on any atom is 0.315 e. The van der Waals surface area contributed by atoms with E-state index in [4.69, 9.17) is 0 Å². The molecular weight excluding hydrogens is 208 g/mol. The van der Waals surface area contributed by atoms with Crippen molar-refractivity contribution >= 4 is 22.9 Å². The Morgan fingerprint density at radius 2 is 2.20 bits per heavy atom. The van der Waals surface area contributed by atoms with Crippen LogP contribution in [0.4, 0.5) is 14.6 Å². The van der Waals surface area contributed by atoms with E-state index in [1.54, 1.807) is 0 Å². The topological polar surface area (TPSA) is 83.6 Å². The summed E-state index contributed by atoms with van der Waals surface area (Å²) in [5.41, 5.74) is 0.612. The van der Waals surface area contributed by atoms with Gasteiger partial charge in [0.15, 0.2) is 11.5 Å². The second-order valence-corrected chi connectivity index (χ2v) is 2.61. The standard InChI is InChI=1S/C7H5F2N5O/c8-4(9)7(15)14-6-3-5(11-1-10-3)12-2-13-6/h1-2,4H,(H2,10,11,12,13,14,15). The molecule has 8 heteroatoms. The van der Waals surface area contributed by atoms with Crippen LogP contribution in [0.25, 0.3) is 11.2 Å². The van der Waals surface area contributed by atoms with Crippen LogP contribution in [0.3, 0.4) is 0 Å². The molecule has 0 aliphatic carbocycles. The molecule has 0 fully saturated rings. The van der Waals surface area contributed by atoms with Gasteiger partial charge in [0.05, 0.1) is 6.33 Å². The Kier molecular flexibility index (Phi) is 2.24. The van der Waals surface area contributed by atoms with Gasteiger partial charge in [0, 0.05) is 0 Å². The number of halogens is 2. The van der Waals surface area contributed by atoms with Gasteiger partial charge < -0.3 is 10.3 Å². The molecule has 78 valence electrons. The summed E-state index contributed by atoms with van der Waals surface area (Å²) in [6, 6.07) is 0. The number of hydrogen-bond acceptors (Lipinski definition) is 4. The van der Waals surface area contributed by atoms with Gasteiger partial charge in [-0.2, -0.15) is 8.78 Å². The highest BCUT2D eigenvalue weighted by Gasteiger charge is 2.17. The Morgan fingerprint density at radius 3 is 2.93 bits per heavy atom. The van der Waals surface area contributed by atoms with Gasteiger partial charge in [-0.25, -0.2) is 15.0 Å². The normalized spacial score (nSPS) is 10.9. The average molecular weight is 213 g/mol. The number of nitrogens with one attached hydrogen (secondary N) is 2. The fraction of sp³-hybridized carbons (Fsp3) is 0.143. The van der Waals surface area contributed by atoms with Crippen LogP contribution < -0.4 is 5.32 Å². The summed E-state index contributed by atoms with van der Waals surface area (Å²) in [5, 5.41) is 1.96. The van der Waals surface area contributed by atoms with Gasteiger partial charge in [0.2, 0.25) is 0 Å². The van der Waals surface area contributed by atoms with Gasteiger partial charge in [-0.3, -0.25) is 4.79 Å². The highest BCUT2D eigenvalue weighted by Crippen LogP contribution is 2.14. The summed E-state index contributed by atoms with van der Waals surface area (Å²) in [6.45, 7) is 0. The lowest BCUT2D eigenvalue weighted by molar-refractivity contribution is -0.126. The summed E-state index contributed by atoms with van der Waals surface area (Å²) in [5.74, 6) is -1.42. The first-order valence-electron chi connectivity index (χ1n) is 3.91. The lowest BCUT2D eigenvalue weighted by Gasteiger charge is -2.02. The second-order valence-electron chi connectivity index (χ2n) is 2.61. The van der Waals surface area contributed by atoms with Crippen LogP contribution in [0.2, 0.25) is 0 Å². The molecule has 2 aromatic rings. The third kappa shape index (κ3) is 1.73. The van der Waals surface area contributed by atoms with Crippen LogP contribution >= 0.6 is 0 Å². The maximum atomic E-state index is 12.0. The van der Waals surface area contributed by atoms with E-state index in [1.807, 2.05) is 5.32 Å². The number of aromatic nitrogens is 4. The van der Waals surface area contributed by atoms with Gasteiger partial charge in [-0.05, 0) is 0 Å². The van der Waals surface area contributed by atoms with Crippen LogP contribution in [-0.4, -0.2) is 32.3 Å². The number of rotatable bonds is 2. The smallest absolute Gasteiger partial charge is 0.315 e. The van der Waals surface area contributed by atoms with Gasteiger partial charge in [-0.15, -0.1) is 0 Å². The highest BCUT2D eigenvalue weighted by atomic mass is 19.3. The fourth-order valence-corrected chi connectivity index (χ4v) is 1.03. The molecule has 0 atom stereocenters. The Labute approximate surface area is 81.8 Å². The molecule has 0 bridgehead atoms. The van der Waals surface area contributed by atoms with Crippen molar-refractivity contribution in [3.05, 3.63) is 12.7 Å². The van der Waals surface area contributed by atoms with Gasteiger partial charge in [-0.1, -0.05) is 0 Å². The van der Waals surface area contributed by atoms with E-state index < -0.39 is 12.3 Å².